The Morgan fingerprint density at radius 1 is 1.14 bits per heavy atom. The van der Waals surface area contributed by atoms with Crippen LogP contribution in [-0.4, -0.2) is 40.1 Å². The van der Waals surface area contributed by atoms with Gasteiger partial charge in [-0.15, -0.1) is 0 Å². The summed E-state index contributed by atoms with van der Waals surface area (Å²) in [6.45, 7) is 2.04. The van der Waals surface area contributed by atoms with Gasteiger partial charge in [0.15, 0.2) is 5.17 Å². The maximum Gasteiger partial charge on any atom is 0.262 e. The first kappa shape index (κ1) is 25.0. The van der Waals surface area contributed by atoms with Crippen molar-refractivity contribution in [2.45, 2.75) is 31.1 Å². The molecule has 0 unspecified atom stereocenters. The topological polar surface area (TPSA) is 83.4 Å². The quantitative estimate of drug-likeness (QED) is 0.431. The fourth-order valence-electron chi connectivity index (χ4n) is 4.24. The Balaban J connectivity index is 1.34. The van der Waals surface area contributed by atoms with E-state index in [9.17, 15) is 9.59 Å². The van der Waals surface area contributed by atoms with E-state index < -0.39 is 5.25 Å². The number of hydrogen-bond donors (Lipinski definition) is 1. The maximum absolute atomic E-state index is 12.8. The minimum atomic E-state index is -0.620. The van der Waals surface area contributed by atoms with E-state index in [2.05, 4.69) is 34.6 Å². The van der Waals surface area contributed by atoms with Crippen LogP contribution in [0.15, 0.2) is 82.9 Å². The number of methoxy groups -OCH3 is 1. The lowest BCUT2D eigenvalue weighted by atomic mass is 9.98. The molecule has 188 valence electrons. The van der Waals surface area contributed by atoms with Gasteiger partial charge < -0.3 is 10.1 Å². The maximum atomic E-state index is 12.8. The summed E-state index contributed by atoms with van der Waals surface area (Å²) in [6, 6.07) is 22.8. The Kier molecular flexibility index (Phi) is 7.30. The molecule has 2 heterocycles. The zero-order chi connectivity index (χ0) is 25.9. The monoisotopic (exact) mass is 532 g/mol. The highest BCUT2D eigenvalue weighted by Gasteiger charge is 2.39. The molecule has 0 saturated carbocycles. The predicted octanol–water partition coefficient (Wildman–Crippen LogP) is 5.83. The van der Waals surface area contributed by atoms with Crippen molar-refractivity contribution in [2.75, 3.05) is 12.4 Å². The third-order valence-electron chi connectivity index (χ3n) is 6.20. The summed E-state index contributed by atoms with van der Waals surface area (Å²) < 4.78 is 5.20. The van der Waals surface area contributed by atoms with E-state index in [4.69, 9.17) is 21.4 Å². The molecular weight excluding hydrogens is 508 g/mol. The SMILES string of the molecule is COc1cccc(NC(=O)C[C@H]2SC(N3N=C(c4ccc(C)cc4)C[C@H]3c3ccc(Cl)cc3)=NC2=O)c1. The Morgan fingerprint density at radius 3 is 2.62 bits per heavy atom. The third kappa shape index (κ3) is 5.70. The number of amidine groups is 1. The highest BCUT2D eigenvalue weighted by atomic mass is 35.5. The smallest absolute Gasteiger partial charge is 0.262 e. The molecule has 0 bridgehead atoms. The van der Waals surface area contributed by atoms with Crippen molar-refractivity contribution in [1.82, 2.24) is 5.01 Å². The highest BCUT2D eigenvalue weighted by molar-refractivity contribution is 8.15. The van der Waals surface area contributed by atoms with Crippen LogP contribution < -0.4 is 10.1 Å². The molecule has 5 rings (SSSR count). The van der Waals surface area contributed by atoms with Gasteiger partial charge in [0.25, 0.3) is 5.91 Å². The van der Waals surface area contributed by atoms with E-state index in [0.29, 0.717) is 28.0 Å². The molecular formula is C28H25ClN4O3S. The molecule has 3 aromatic carbocycles. The summed E-state index contributed by atoms with van der Waals surface area (Å²) >= 11 is 7.39. The van der Waals surface area contributed by atoms with Gasteiger partial charge in [-0.25, -0.2) is 5.01 Å². The molecule has 2 aliphatic rings. The van der Waals surface area contributed by atoms with Gasteiger partial charge in [0.2, 0.25) is 5.91 Å². The lowest BCUT2D eigenvalue weighted by Crippen LogP contribution is -2.25. The second kappa shape index (κ2) is 10.8. The molecule has 0 aromatic heterocycles. The Bertz CT molecular complexity index is 1390. The number of ether oxygens (including phenoxy) is 1. The van der Waals surface area contributed by atoms with Crippen LogP contribution >= 0.6 is 23.4 Å². The average molecular weight is 533 g/mol. The van der Waals surface area contributed by atoms with Crippen molar-refractivity contribution in [3.63, 3.8) is 0 Å². The van der Waals surface area contributed by atoms with Crippen molar-refractivity contribution >= 4 is 51.7 Å². The van der Waals surface area contributed by atoms with Gasteiger partial charge in [0.1, 0.15) is 11.0 Å². The second-order valence-electron chi connectivity index (χ2n) is 8.85. The lowest BCUT2D eigenvalue weighted by molar-refractivity contribution is -0.121. The Hall–Kier alpha value is -3.62. The predicted molar refractivity (Wildman–Crippen MR) is 148 cm³/mol. The largest absolute Gasteiger partial charge is 0.497 e. The molecule has 0 aliphatic carbocycles. The number of carbonyl (C=O) groups excluding carboxylic acids is 2. The van der Waals surface area contributed by atoms with Crippen LogP contribution in [0.5, 0.6) is 5.75 Å². The number of thioether (sulfide) groups is 1. The number of aryl methyl sites for hydroxylation is 1. The summed E-state index contributed by atoms with van der Waals surface area (Å²) in [5.74, 6) is 0.0314. The normalized spacial score (nSPS) is 19.0. The standard InChI is InChI=1S/C28H25ClN4O3S/c1-17-6-8-18(9-7-17)23-15-24(19-10-12-20(29)13-11-19)33(32-23)28-31-27(35)25(37-28)16-26(34)30-21-4-3-5-22(14-21)36-2/h3-14,24-25H,15-16H2,1-2H3,(H,30,34)/t24-,25+/m0/s1. The second-order valence-corrected chi connectivity index (χ2v) is 10.5. The van der Waals surface area contributed by atoms with Crippen molar-refractivity contribution in [3.05, 3.63) is 94.5 Å². The van der Waals surface area contributed by atoms with Gasteiger partial charge in [-0.3, -0.25) is 9.59 Å². The molecule has 2 amide bonds. The minimum absolute atomic E-state index is 0.00168. The summed E-state index contributed by atoms with van der Waals surface area (Å²) in [7, 11) is 1.57. The van der Waals surface area contributed by atoms with Crippen LogP contribution in [0.25, 0.3) is 0 Å². The molecule has 37 heavy (non-hydrogen) atoms. The van der Waals surface area contributed by atoms with Crippen LogP contribution in [0.3, 0.4) is 0 Å². The first-order valence-corrected chi connectivity index (χ1v) is 13.1. The summed E-state index contributed by atoms with van der Waals surface area (Å²) in [4.78, 5) is 29.8. The Morgan fingerprint density at radius 2 is 1.89 bits per heavy atom. The molecule has 0 spiro atoms. The number of benzene rings is 3. The van der Waals surface area contributed by atoms with Gasteiger partial charge in [0, 0.05) is 29.6 Å². The number of halogens is 1. The van der Waals surface area contributed by atoms with Crippen LogP contribution in [0.2, 0.25) is 5.02 Å². The van der Waals surface area contributed by atoms with Gasteiger partial charge >= 0.3 is 0 Å². The van der Waals surface area contributed by atoms with Crippen LogP contribution in [0.1, 0.15) is 35.6 Å². The van der Waals surface area contributed by atoms with Gasteiger partial charge in [-0.2, -0.15) is 10.1 Å². The molecule has 0 radical (unpaired) electrons. The van der Waals surface area contributed by atoms with Crippen molar-refractivity contribution in [1.29, 1.82) is 0 Å². The number of hydrazone groups is 1. The number of nitrogens with one attached hydrogen (secondary N) is 1. The fourth-order valence-corrected chi connectivity index (χ4v) is 5.42. The van der Waals surface area contributed by atoms with E-state index in [1.807, 2.05) is 31.2 Å². The number of nitrogens with zero attached hydrogens (tertiary/aromatic N) is 3. The average Bonchev–Trinajstić information content (AvgIpc) is 3.49. The molecule has 1 N–H and O–H groups in total. The number of aliphatic imine (C=N–C) groups is 1. The molecule has 9 heteroatoms. The van der Waals surface area contributed by atoms with E-state index in [1.54, 1.807) is 36.4 Å². The van der Waals surface area contributed by atoms with Crippen LogP contribution in [-0.2, 0) is 9.59 Å². The molecule has 2 aliphatic heterocycles. The first-order chi connectivity index (χ1) is 17.9. The first-order valence-electron chi connectivity index (χ1n) is 11.8. The molecule has 3 aromatic rings. The summed E-state index contributed by atoms with van der Waals surface area (Å²) in [5, 5.41) is 10.0. The van der Waals surface area contributed by atoms with Crippen LogP contribution in [0.4, 0.5) is 5.69 Å². The number of rotatable bonds is 6. The molecule has 2 atom stereocenters. The van der Waals surface area contributed by atoms with E-state index in [0.717, 1.165) is 16.8 Å². The van der Waals surface area contributed by atoms with Gasteiger partial charge in [0.05, 0.1) is 18.9 Å². The van der Waals surface area contributed by atoms with Crippen molar-refractivity contribution in [2.24, 2.45) is 10.1 Å². The Labute approximate surface area is 224 Å². The van der Waals surface area contributed by atoms with Gasteiger partial charge in [-0.1, -0.05) is 71.4 Å². The van der Waals surface area contributed by atoms with E-state index in [-0.39, 0.29) is 24.3 Å². The highest BCUT2D eigenvalue weighted by Crippen LogP contribution is 2.39. The number of carbonyl (C=O) groups is 2. The van der Waals surface area contributed by atoms with Crippen LogP contribution in [0, 0.1) is 6.92 Å². The number of anilines is 1. The zero-order valence-electron chi connectivity index (χ0n) is 20.3. The number of amides is 2. The third-order valence-corrected chi connectivity index (χ3v) is 7.59. The zero-order valence-corrected chi connectivity index (χ0v) is 21.9. The molecule has 0 fully saturated rings. The van der Waals surface area contributed by atoms with E-state index >= 15 is 0 Å². The minimum Gasteiger partial charge on any atom is -0.497 e. The summed E-state index contributed by atoms with van der Waals surface area (Å²) in [6.07, 6.45) is 0.654. The molecule has 0 saturated heterocycles. The van der Waals surface area contributed by atoms with Crippen molar-refractivity contribution in [3.8, 4) is 5.75 Å². The van der Waals surface area contributed by atoms with Gasteiger partial charge in [-0.05, 0) is 42.3 Å². The summed E-state index contributed by atoms with van der Waals surface area (Å²) in [5.41, 5.74) is 4.73. The van der Waals surface area contributed by atoms with E-state index in [1.165, 1.54) is 17.3 Å². The fraction of sp³-hybridized carbons (Fsp3) is 0.214. The lowest BCUT2D eigenvalue weighted by Gasteiger charge is -2.23. The van der Waals surface area contributed by atoms with Crippen molar-refractivity contribution < 1.29 is 14.3 Å². The molecule has 7 nitrogen and oxygen atoms in total. The number of hydrogen-bond acceptors (Lipinski definition) is 6.